The van der Waals surface area contributed by atoms with Crippen molar-refractivity contribution >= 4 is 49.5 Å². The second-order valence-electron chi connectivity index (χ2n) is 7.83. The Morgan fingerprint density at radius 3 is 2.81 bits per heavy atom. The van der Waals surface area contributed by atoms with Crippen molar-refractivity contribution in [2.75, 3.05) is 19.3 Å². The van der Waals surface area contributed by atoms with Gasteiger partial charge in [0, 0.05) is 36.0 Å². The van der Waals surface area contributed by atoms with Gasteiger partial charge in [-0.1, -0.05) is 11.6 Å². The number of hydrogen-bond acceptors (Lipinski definition) is 6. The molecule has 5 rings (SSSR count). The van der Waals surface area contributed by atoms with Crippen molar-refractivity contribution in [2.45, 2.75) is 24.0 Å². The molecule has 0 radical (unpaired) electrons. The molecule has 1 saturated heterocycles. The first-order chi connectivity index (χ1) is 15.2. The average molecular weight is 475 g/mol. The largest absolute Gasteiger partial charge is 0.465 e. The fourth-order valence-electron chi connectivity index (χ4n) is 4.29. The van der Waals surface area contributed by atoms with E-state index in [1.807, 2.05) is 10.6 Å². The third kappa shape index (κ3) is 3.47. The lowest BCUT2D eigenvalue weighted by Crippen LogP contribution is -2.27. The summed E-state index contributed by atoms with van der Waals surface area (Å²) >= 11 is 6.17. The van der Waals surface area contributed by atoms with Gasteiger partial charge in [0.2, 0.25) is 0 Å². The topological polar surface area (TPSA) is 123 Å². The highest BCUT2D eigenvalue weighted by atomic mass is 35.5. The quantitative estimate of drug-likeness (QED) is 0.482. The summed E-state index contributed by atoms with van der Waals surface area (Å²) in [6.07, 6.45) is 3.91. The zero-order valence-electron chi connectivity index (χ0n) is 17.0. The number of hydrogen-bond donors (Lipinski definition) is 1. The Kier molecular flexibility index (Phi) is 4.82. The van der Waals surface area contributed by atoms with Crippen LogP contribution in [0.25, 0.3) is 21.9 Å². The van der Waals surface area contributed by atoms with Crippen LogP contribution in [0.5, 0.6) is 0 Å². The van der Waals surface area contributed by atoms with Crippen LogP contribution >= 0.6 is 11.6 Å². The van der Waals surface area contributed by atoms with Gasteiger partial charge in [-0.15, -0.1) is 0 Å². The molecule has 1 amide bonds. The number of pyridine rings is 1. The molecule has 32 heavy (non-hydrogen) atoms. The predicted octanol–water partition coefficient (Wildman–Crippen LogP) is 2.81. The van der Waals surface area contributed by atoms with Gasteiger partial charge in [-0.05, 0) is 30.7 Å². The minimum absolute atomic E-state index is 0.0153. The van der Waals surface area contributed by atoms with E-state index in [-0.39, 0.29) is 17.6 Å². The van der Waals surface area contributed by atoms with Crippen LogP contribution < -0.4 is 0 Å². The van der Waals surface area contributed by atoms with Crippen LogP contribution in [0, 0.1) is 0 Å². The lowest BCUT2D eigenvalue weighted by Gasteiger charge is -2.17. The van der Waals surface area contributed by atoms with E-state index in [4.69, 9.17) is 16.6 Å². The van der Waals surface area contributed by atoms with E-state index in [0.29, 0.717) is 46.8 Å². The number of aromatic nitrogens is 5. The average Bonchev–Trinajstić information content (AvgIpc) is 3.43. The van der Waals surface area contributed by atoms with Crippen LogP contribution in [0.1, 0.15) is 18.3 Å². The molecule has 3 aromatic heterocycles. The number of likely N-dealkylation sites (tertiary alicyclic amines) is 1. The molecule has 12 heteroatoms. The SMILES string of the molecule is CS(=O)(=O)c1nn(Cc2nc3cc(Cl)ccc3n2C2CCN(C(=O)O)C2)c2cnccc12. The molecular weight excluding hydrogens is 456 g/mol. The number of sulfone groups is 1. The monoisotopic (exact) mass is 474 g/mol. The second kappa shape index (κ2) is 7.45. The summed E-state index contributed by atoms with van der Waals surface area (Å²) < 4.78 is 28.1. The summed E-state index contributed by atoms with van der Waals surface area (Å²) in [7, 11) is -3.55. The number of nitrogens with zero attached hydrogens (tertiary/aromatic N) is 6. The van der Waals surface area contributed by atoms with Gasteiger partial charge in [0.15, 0.2) is 14.9 Å². The number of fused-ring (bicyclic) bond motifs is 2. The molecule has 0 bridgehead atoms. The summed E-state index contributed by atoms with van der Waals surface area (Å²) in [6.45, 7) is 0.958. The molecule has 166 valence electrons. The van der Waals surface area contributed by atoms with Gasteiger partial charge in [0.05, 0.1) is 35.3 Å². The van der Waals surface area contributed by atoms with Crippen molar-refractivity contribution in [1.82, 2.24) is 29.2 Å². The number of carbonyl (C=O) groups is 1. The Hall–Kier alpha value is -3.18. The number of benzene rings is 1. The Bertz CT molecular complexity index is 1480. The third-order valence-electron chi connectivity index (χ3n) is 5.69. The van der Waals surface area contributed by atoms with Crippen molar-refractivity contribution in [2.24, 2.45) is 0 Å². The molecule has 10 nitrogen and oxygen atoms in total. The molecule has 1 aromatic carbocycles. The van der Waals surface area contributed by atoms with Gasteiger partial charge >= 0.3 is 6.09 Å². The summed E-state index contributed by atoms with van der Waals surface area (Å²) in [5.74, 6) is 0.632. The maximum Gasteiger partial charge on any atom is 0.407 e. The van der Waals surface area contributed by atoms with E-state index >= 15 is 0 Å². The Balaban J connectivity index is 1.65. The number of imidazole rings is 1. The van der Waals surface area contributed by atoms with Gasteiger partial charge in [-0.25, -0.2) is 18.2 Å². The molecule has 0 aliphatic carbocycles. The molecule has 1 aliphatic rings. The van der Waals surface area contributed by atoms with Crippen LogP contribution in [0.4, 0.5) is 4.79 Å². The van der Waals surface area contributed by atoms with Gasteiger partial charge in [0.25, 0.3) is 0 Å². The van der Waals surface area contributed by atoms with Crippen LogP contribution in [0.2, 0.25) is 5.02 Å². The van der Waals surface area contributed by atoms with Gasteiger partial charge < -0.3 is 14.6 Å². The molecule has 1 fully saturated rings. The molecular formula is C20H19ClN6O4S. The van der Waals surface area contributed by atoms with Crippen LogP contribution in [0.3, 0.4) is 0 Å². The zero-order chi connectivity index (χ0) is 22.6. The third-order valence-corrected chi connectivity index (χ3v) is 6.93. The highest BCUT2D eigenvalue weighted by Crippen LogP contribution is 2.31. The van der Waals surface area contributed by atoms with Crippen molar-refractivity contribution in [1.29, 1.82) is 0 Å². The lowest BCUT2D eigenvalue weighted by molar-refractivity contribution is 0.154. The van der Waals surface area contributed by atoms with Gasteiger partial charge in [-0.2, -0.15) is 5.10 Å². The summed E-state index contributed by atoms with van der Waals surface area (Å²) in [6, 6.07) is 6.90. The van der Waals surface area contributed by atoms with Crippen molar-refractivity contribution < 1.29 is 18.3 Å². The zero-order valence-corrected chi connectivity index (χ0v) is 18.6. The first-order valence-electron chi connectivity index (χ1n) is 9.87. The fraction of sp³-hybridized carbons (Fsp3) is 0.300. The minimum atomic E-state index is -3.55. The normalized spacial score (nSPS) is 16.9. The molecule has 0 spiro atoms. The van der Waals surface area contributed by atoms with Crippen molar-refractivity contribution in [3.63, 3.8) is 0 Å². The molecule has 1 N–H and O–H groups in total. The summed E-state index contributed by atoms with van der Waals surface area (Å²) in [5, 5.41) is 14.8. The number of rotatable bonds is 4. The maximum atomic E-state index is 12.3. The highest BCUT2D eigenvalue weighted by Gasteiger charge is 2.30. The van der Waals surface area contributed by atoms with Crippen molar-refractivity contribution in [3.8, 4) is 0 Å². The number of amides is 1. The van der Waals surface area contributed by atoms with Crippen molar-refractivity contribution in [3.05, 3.63) is 47.5 Å². The maximum absolute atomic E-state index is 12.3. The van der Waals surface area contributed by atoms with E-state index < -0.39 is 15.9 Å². The highest BCUT2D eigenvalue weighted by molar-refractivity contribution is 7.90. The van der Waals surface area contributed by atoms with Crippen LogP contribution in [-0.2, 0) is 16.4 Å². The minimum Gasteiger partial charge on any atom is -0.465 e. The van der Waals surface area contributed by atoms with E-state index in [1.54, 1.807) is 29.1 Å². The molecule has 4 heterocycles. The molecule has 1 aliphatic heterocycles. The Morgan fingerprint density at radius 1 is 1.28 bits per heavy atom. The van der Waals surface area contributed by atoms with E-state index in [1.165, 1.54) is 11.1 Å². The second-order valence-corrected chi connectivity index (χ2v) is 10.2. The lowest BCUT2D eigenvalue weighted by atomic mass is 10.2. The Morgan fingerprint density at radius 2 is 2.09 bits per heavy atom. The number of halogens is 1. The Labute approximate surface area is 188 Å². The first kappa shape index (κ1) is 20.7. The van der Waals surface area contributed by atoms with Crippen LogP contribution in [0.15, 0.2) is 41.7 Å². The first-order valence-corrected chi connectivity index (χ1v) is 12.1. The molecule has 1 unspecified atom stereocenters. The fourth-order valence-corrected chi connectivity index (χ4v) is 5.27. The van der Waals surface area contributed by atoms with Crippen LogP contribution in [-0.4, -0.2) is 68.2 Å². The molecule has 0 saturated carbocycles. The number of carboxylic acid groups (broad SMARTS) is 1. The predicted molar refractivity (Wildman–Crippen MR) is 118 cm³/mol. The standard InChI is InChI=1S/C20H19ClN6O4S/c1-32(30,31)19-14-4-6-22-9-17(14)26(24-19)11-18-23-15-8-12(21)2-3-16(15)27(18)13-5-7-25(10-13)20(28)29/h2-4,6,8-9,13H,5,7,10-11H2,1H3,(H,28,29). The van der Waals surface area contributed by atoms with E-state index in [0.717, 1.165) is 11.8 Å². The van der Waals surface area contributed by atoms with Gasteiger partial charge in [-0.3, -0.25) is 9.67 Å². The van der Waals surface area contributed by atoms with E-state index in [2.05, 4.69) is 10.1 Å². The molecule has 4 aromatic rings. The molecule has 1 atom stereocenters. The summed E-state index contributed by atoms with van der Waals surface area (Å²) in [5.41, 5.74) is 2.09. The smallest absolute Gasteiger partial charge is 0.407 e. The van der Waals surface area contributed by atoms with Gasteiger partial charge in [0.1, 0.15) is 5.82 Å². The van der Waals surface area contributed by atoms with E-state index in [9.17, 15) is 18.3 Å². The summed E-state index contributed by atoms with van der Waals surface area (Å²) in [4.78, 5) is 21.7.